The molecule has 1 saturated heterocycles. The lowest BCUT2D eigenvalue weighted by Gasteiger charge is -2.27. The SMILES string of the molecule is CC1CCC(CNC2CCN(C(=O)OC(C)(C)C)C2)CC1. The molecule has 1 unspecified atom stereocenters. The molecule has 4 nitrogen and oxygen atoms in total. The molecule has 2 aliphatic rings. The molecule has 0 aromatic rings. The third kappa shape index (κ3) is 5.50. The molecule has 0 aromatic heterocycles. The molecule has 2 fully saturated rings. The number of amides is 1. The minimum atomic E-state index is -0.401. The monoisotopic (exact) mass is 296 g/mol. The fourth-order valence-corrected chi connectivity index (χ4v) is 3.29. The molecule has 1 N–H and O–H groups in total. The van der Waals surface area contributed by atoms with Crippen molar-refractivity contribution in [2.75, 3.05) is 19.6 Å². The van der Waals surface area contributed by atoms with E-state index in [-0.39, 0.29) is 6.09 Å². The highest BCUT2D eigenvalue weighted by Crippen LogP contribution is 2.28. The van der Waals surface area contributed by atoms with Crippen LogP contribution < -0.4 is 5.32 Å². The van der Waals surface area contributed by atoms with Crippen LogP contribution in [0.25, 0.3) is 0 Å². The first kappa shape index (κ1) is 16.6. The lowest BCUT2D eigenvalue weighted by molar-refractivity contribution is 0.0290. The number of nitrogens with one attached hydrogen (secondary N) is 1. The molecule has 122 valence electrons. The second-order valence-corrected chi connectivity index (χ2v) is 7.95. The Kier molecular flexibility index (Phi) is 5.53. The van der Waals surface area contributed by atoms with Crippen LogP contribution in [-0.2, 0) is 4.74 Å². The van der Waals surface area contributed by atoms with Gasteiger partial charge in [-0.3, -0.25) is 0 Å². The van der Waals surface area contributed by atoms with Crippen molar-refractivity contribution < 1.29 is 9.53 Å². The Morgan fingerprint density at radius 1 is 1.19 bits per heavy atom. The molecule has 4 heteroatoms. The molecule has 1 aliphatic carbocycles. The van der Waals surface area contributed by atoms with Gasteiger partial charge in [0.1, 0.15) is 5.60 Å². The standard InChI is InChI=1S/C17H32N2O2/c1-13-5-7-14(8-6-13)11-18-15-9-10-19(12-15)16(20)21-17(2,3)4/h13-15,18H,5-12H2,1-4H3. The van der Waals surface area contributed by atoms with E-state index >= 15 is 0 Å². The average Bonchev–Trinajstić information content (AvgIpc) is 2.85. The summed E-state index contributed by atoms with van der Waals surface area (Å²) in [6.07, 6.45) is 6.34. The topological polar surface area (TPSA) is 41.6 Å². The zero-order valence-corrected chi connectivity index (χ0v) is 14.2. The Morgan fingerprint density at radius 3 is 2.48 bits per heavy atom. The molecule has 0 aromatic carbocycles. The van der Waals surface area contributed by atoms with Gasteiger partial charge in [-0.05, 0) is 58.4 Å². The Bertz CT molecular complexity index is 343. The molecule has 1 atom stereocenters. The van der Waals surface area contributed by atoms with Gasteiger partial charge in [0.05, 0.1) is 0 Å². The summed E-state index contributed by atoms with van der Waals surface area (Å²) in [5.74, 6) is 1.74. The van der Waals surface area contributed by atoms with Crippen molar-refractivity contribution in [1.82, 2.24) is 10.2 Å². The number of hydrogen-bond donors (Lipinski definition) is 1. The minimum Gasteiger partial charge on any atom is -0.444 e. The number of carbonyl (C=O) groups is 1. The minimum absolute atomic E-state index is 0.168. The largest absolute Gasteiger partial charge is 0.444 e. The number of likely N-dealkylation sites (tertiary alicyclic amines) is 1. The van der Waals surface area contributed by atoms with E-state index in [0.717, 1.165) is 37.9 Å². The zero-order valence-electron chi connectivity index (χ0n) is 14.2. The molecule has 1 saturated carbocycles. The van der Waals surface area contributed by atoms with Crippen LogP contribution in [0.4, 0.5) is 4.79 Å². The summed E-state index contributed by atoms with van der Waals surface area (Å²) in [6.45, 7) is 10.8. The molecule has 21 heavy (non-hydrogen) atoms. The fourth-order valence-electron chi connectivity index (χ4n) is 3.29. The van der Waals surface area contributed by atoms with E-state index in [1.807, 2.05) is 25.7 Å². The quantitative estimate of drug-likeness (QED) is 0.867. The second-order valence-electron chi connectivity index (χ2n) is 7.95. The van der Waals surface area contributed by atoms with Crippen LogP contribution in [0.15, 0.2) is 0 Å². The number of rotatable bonds is 3. The molecular formula is C17H32N2O2. The predicted molar refractivity (Wildman–Crippen MR) is 85.3 cm³/mol. The van der Waals surface area contributed by atoms with Crippen LogP contribution in [0.3, 0.4) is 0 Å². The fraction of sp³-hybridized carbons (Fsp3) is 0.941. The van der Waals surface area contributed by atoms with E-state index in [0.29, 0.717) is 6.04 Å². The molecule has 1 aliphatic heterocycles. The molecule has 1 heterocycles. The van der Waals surface area contributed by atoms with Crippen molar-refractivity contribution >= 4 is 6.09 Å². The number of carbonyl (C=O) groups excluding carboxylic acids is 1. The Balaban J connectivity index is 1.67. The summed E-state index contributed by atoms with van der Waals surface area (Å²) in [5.41, 5.74) is -0.401. The van der Waals surface area contributed by atoms with E-state index in [9.17, 15) is 4.79 Å². The lowest BCUT2D eigenvalue weighted by Crippen LogP contribution is -2.39. The first-order chi connectivity index (χ1) is 9.83. The van der Waals surface area contributed by atoms with Gasteiger partial charge in [0.2, 0.25) is 0 Å². The molecule has 2 rings (SSSR count). The Labute approximate surface area is 129 Å². The number of nitrogens with zero attached hydrogens (tertiary/aromatic N) is 1. The molecule has 0 radical (unpaired) electrons. The van der Waals surface area contributed by atoms with Crippen LogP contribution in [0.5, 0.6) is 0 Å². The molecule has 0 bridgehead atoms. The van der Waals surface area contributed by atoms with Crippen LogP contribution >= 0.6 is 0 Å². The van der Waals surface area contributed by atoms with Gasteiger partial charge in [0.15, 0.2) is 0 Å². The van der Waals surface area contributed by atoms with Crippen molar-refractivity contribution in [2.45, 2.75) is 71.4 Å². The van der Waals surface area contributed by atoms with Gasteiger partial charge in [-0.25, -0.2) is 4.79 Å². The van der Waals surface area contributed by atoms with E-state index < -0.39 is 5.60 Å². The van der Waals surface area contributed by atoms with E-state index in [1.165, 1.54) is 25.7 Å². The highest BCUT2D eigenvalue weighted by atomic mass is 16.6. The highest BCUT2D eigenvalue weighted by molar-refractivity contribution is 5.68. The molecule has 0 spiro atoms. The van der Waals surface area contributed by atoms with Gasteiger partial charge in [-0.2, -0.15) is 0 Å². The second kappa shape index (κ2) is 6.99. The van der Waals surface area contributed by atoms with Crippen molar-refractivity contribution in [3.8, 4) is 0 Å². The summed E-state index contributed by atoms with van der Waals surface area (Å²) in [5, 5.41) is 3.66. The molecule has 1 amide bonds. The maximum atomic E-state index is 12.0. The smallest absolute Gasteiger partial charge is 0.410 e. The van der Waals surface area contributed by atoms with E-state index in [1.54, 1.807) is 0 Å². The van der Waals surface area contributed by atoms with Crippen LogP contribution in [0, 0.1) is 11.8 Å². The van der Waals surface area contributed by atoms with Gasteiger partial charge in [-0.15, -0.1) is 0 Å². The summed E-state index contributed by atoms with van der Waals surface area (Å²) in [4.78, 5) is 13.9. The van der Waals surface area contributed by atoms with Gasteiger partial charge in [-0.1, -0.05) is 19.8 Å². The summed E-state index contributed by atoms with van der Waals surface area (Å²) in [7, 11) is 0. The highest BCUT2D eigenvalue weighted by Gasteiger charge is 2.30. The van der Waals surface area contributed by atoms with Crippen molar-refractivity contribution in [1.29, 1.82) is 0 Å². The predicted octanol–water partition coefficient (Wildman–Crippen LogP) is 3.41. The molecular weight excluding hydrogens is 264 g/mol. The summed E-state index contributed by atoms with van der Waals surface area (Å²) < 4.78 is 5.44. The van der Waals surface area contributed by atoms with Gasteiger partial charge < -0.3 is 15.0 Å². The number of ether oxygens (including phenoxy) is 1. The summed E-state index contributed by atoms with van der Waals surface area (Å²) in [6, 6.07) is 0.442. The van der Waals surface area contributed by atoms with Gasteiger partial charge >= 0.3 is 6.09 Å². The van der Waals surface area contributed by atoms with Gasteiger partial charge in [0, 0.05) is 19.1 Å². The maximum absolute atomic E-state index is 12.0. The maximum Gasteiger partial charge on any atom is 0.410 e. The van der Waals surface area contributed by atoms with Crippen LogP contribution in [0.1, 0.15) is 59.8 Å². The zero-order chi connectivity index (χ0) is 15.5. The number of hydrogen-bond acceptors (Lipinski definition) is 3. The normalized spacial score (nSPS) is 30.5. The van der Waals surface area contributed by atoms with E-state index in [4.69, 9.17) is 4.74 Å². The van der Waals surface area contributed by atoms with Gasteiger partial charge in [0.25, 0.3) is 0 Å². The third-order valence-corrected chi connectivity index (χ3v) is 4.67. The lowest BCUT2D eigenvalue weighted by atomic mass is 9.83. The van der Waals surface area contributed by atoms with Crippen molar-refractivity contribution in [3.05, 3.63) is 0 Å². The van der Waals surface area contributed by atoms with Crippen molar-refractivity contribution in [2.24, 2.45) is 11.8 Å². The first-order valence-electron chi connectivity index (χ1n) is 8.55. The van der Waals surface area contributed by atoms with E-state index in [2.05, 4.69) is 12.2 Å². The Hall–Kier alpha value is -0.770. The van der Waals surface area contributed by atoms with Crippen LogP contribution in [0.2, 0.25) is 0 Å². The van der Waals surface area contributed by atoms with Crippen LogP contribution in [-0.4, -0.2) is 42.3 Å². The first-order valence-corrected chi connectivity index (χ1v) is 8.55. The van der Waals surface area contributed by atoms with Crippen molar-refractivity contribution in [3.63, 3.8) is 0 Å². The Morgan fingerprint density at radius 2 is 1.86 bits per heavy atom. The third-order valence-electron chi connectivity index (χ3n) is 4.67. The summed E-state index contributed by atoms with van der Waals surface area (Å²) >= 11 is 0. The average molecular weight is 296 g/mol.